The number of para-hydroxylation sites is 1. The topological polar surface area (TPSA) is 144 Å². The van der Waals surface area contributed by atoms with Gasteiger partial charge in [-0.1, -0.05) is 18.2 Å². The van der Waals surface area contributed by atoms with Gasteiger partial charge in [-0.05, 0) is 57.9 Å². The highest BCUT2D eigenvalue weighted by Gasteiger charge is 2.16. The van der Waals surface area contributed by atoms with Crippen LogP contribution in [0.1, 0.15) is 5.56 Å². The summed E-state index contributed by atoms with van der Waals surface area (Å²) in [4.78, 5) is 35.1. The molecule has 2 N–H and O–H groups in total. The third-order valence-corrected chi connectivity index (χ3v) is 5.33. The van der Waals surface area contributed by atoms with Gasteiger partial charge in [0.2, 0.25) is 0 Å². The lowest BCUT2D eigenvalue weighted by Crippen LogP contribution is -2.21. The Morgan fingerprint density at radius 3 is 2.59 bits per heavy atom. The number of nitrogens with zero attached hydrogens (tertiary/aromatic N) is 2. The van der Waals surface area contributed by atoms with E-state index in [9.17, 15) is 29.4 Å². The summed E-state index contributed by atoms with van der Waals surface area (Å²) in [6.07, 6.45) is 1.29. The van der Waals surface area contributed by atoms with E-state index in [2.05, 4.69) is 26.6 Å². The first-order valence-electron chi connectivity index (χ1n) is 10.4. The number of benzene rings is 3. The van der Waals surface area contributed by atoms with Crippen molar-refractivity contribution in [2.75, 3.05) is 24.4 Å². The molecule has 0 aliphatic carbocycles. The van der Waals surface area contributed by atoms with Crippen molar-refractivity contribution in [1.29, 1.82) is 5.26 Å². The highest BCUT2D eigenvalue weighted by molar-refractivity contribution is 9.10. The van der Waals surface area contributed by atoms with Crippen LogP contribution in [0.5, 0.6) is 11.5 Å². The predicted octanol–water partition coefficient (Wildman–Crippen LogP) is 5.07. The number of carbonyl (C=O) groups is 2. The number of hydrogen-bond donors (Lipinski definition) is 2. The lowest BCUT2D eigenvalue weighted by molar-refractivity contribution is -0.384. The zero-order chi connectivity index (χ0) is 26.9. The number of amides is 2. The normalized spacial score (nSPS) is 10.7. The fraction of sp³-hybridized carbons (Fsp3) is 0.0800. The highest BCUT2D eigenvalue weighted by atomic mass is 79.9. The smallest absolute Gasteiger partial charge is 0.271 e. The van der Waals surface area contributed by atoms with E-state index in [0.717, 1.165) is 0 Å². The van der Waals surface area contributed by atoms with E-state index in [1.807, 2.05) is 0 Å². The van der Waals surface area contributed by atoms with Crippen molar-refractivity contribution >= 4 is 50.9 Å². The second-order valence-corrected chi connectivity index (χ2v) is 8.14. The van der Waals surface area contributed by atoms with Gasteiger partial charge in [0.05, 0.1) is 22.2 Å². The first-order chi connectivity index (χ1) is 17.7. The average molecular weight is 569 g/mol. The SMILES string of the molecule is COc1cc(/C=C(/C#N)C(=O)Nc2cccc([N+](=O)[O-])c2)cc(Br)c1OCC(=O)Nc1ccccc1F. The van der Waals surface area contributed by atoms with Crippen LogP contribution >= 0.6 is 15.9 Å². The van der Waals surface area contributed by atoms with Crippen LogP contribution < -0.4 is 20.1 Å². The maximum absolute atomic E-state index is 13.7. The Balaban J connectivity index is 1.75. The Bertz CT molecular complexity index is 1440. The van der Waals surface area contributed by atoms with Crippen LogP contribution in [0.4, 0.5) is 21.5 Å². The summed E-state index contributed by atoms with van der Waals surface area (Å²) >= 11 is 3.32. The van der Waals surface area contributed by atoms with Gasteiger partial charge >= 0.3 is 0 Å². The van der Waals surface area contributed by atoms with E-state index < -0.39 is 29.2 Å². The molecule has 3 aromatic carbocycles. The summed E-state index contributed by atoms with van der Waals surface area (Å²) in [5.74, 6) is -1.61. The Morgan fingerprint density at radius 1 is 1.16 bits per heavy atom. The van der Waals surface area contributed by atoms with Gasteiger partial charge in [0.25, 0.3) is 17.5 Å². The summed E-state index contributed by atoms with van der Waals surface area (Å²) in [5, 5.41) is 25.3. The number of nitrogens with one attached hydrogen (secondary N) is 2. The molecule has 0 aromatic heterocycles. The fourth-order valence-electron chi connectivity index (χ4n) is 3.06. The molecular weight excluding hydrogens is 551 g/mol. The van der Waals surface area contributed by atoms with Gasteiger partial charge in [0.1, 0.15) is 17.5 Å². The molecule has 0 saturated carbocycles. The van der Waals surface area contributed by atoms with E-state index in [1.165, 1.54) is 67.8 Å². The van der Waals surface area contributed by atoms with Crippen molar-refractivity contribution in [2.24, 2.45) is 0 Å². The average Bonchev–Trinajstić information content (AvgIpc) is 2.87. The zero-order valence-corrected chi connectivity index (χ0v) is 20.7. The summed E-state index contributed by atoms with van der Waals surface area (Å²) in [5.41, 5.74) is 0.0506. The van der Waals surface area contributed by atoms with Crippen LogP contribution in [0.15, 0.2) is 70.7 Å². The number of halogens is 2. The molecule has 188 valence electrons. The summed E-state index contributed by atoms with van der Waals surface area (Å²) in [6.45, 7) is -0.451. The lowest BCUT2D eigenvalue weighted by Gasteiger charge is -2.14. The molecule has 3 aromatic rings. The largest absolute Gasteiger partial charge is 0.493 e. The number of ether oxygens (including phenoxy) is 2. The van der Waals surface area contributed by atoms with Crippen molar-refractivity contribution < 1.29 is 28.4 Å². The number of hydrogen-bond acceptors (Lipinski definition) is 7. The first-order valence-corrected chi connectivity index (χ1v) is 11.2. The monoisotopic (exact) mass is 568 g/mol. The molecule has 2 amide bonds. The Hall–Kier alpha value is -4.76. The third-order valence-electron chi connectivity index (χ3n) is 4.74. The molecule has 0 spiro atoms. The third kappa shape index (κ3) is 7.12. The highest BCUT2D eigenvalue weighted by Crippen LogP contribution is 2.37. The molecule has 12 heteroatoms. The minimum atomic E-state index is -0.775. The summed E-state index contributed by atoms with van der Waals surface area (Å²) in [6, 6.07) is 15.8. The molecule has 0 aliphatic rings. The Kier molecular flexibility index (Phi) is 8.90. The zero-order valence-electron chi connectivity index (χ0n) is 19.2. The second-order valence-electron chi connectivity index (χ2n) is 7.28. The quantitative estimate of drug-likeness (QED) is 0.159. The molecule has 10 nitrogen and oxygen atoms in total. The molecule has 0 unspecified atom stereocenters. The summed E-state index contributed by atoms with van der Waals surface area (Å²) < 4.78 is 25.0. The Labute approximate surface area is 218 Å². The maximum atomic E-state index is 13.7. The van der Waals surface area contributed by atoms with Crippen LogP contribution in [-0.4, -0.2) is 30.5 Å². The molecule has 0 aliphatic heterocycles. The number of methoxy groups -OCH3 is 1. The maximum Gasteiger partial charge on any atom is 0.271 e. The molecule has 0 atom stereocenters. The van der Waals surface area contributed by atoms with E-state index in [-0.39, 0.29) is 34.1 Å². The van der Waals surface area contributed by atoms with Gasteiger partial charge in [0.15, 0.2) is 18.1 Å². The molecule has 0 radical (unpaired) electrons. The van der Waals surface area contributed by atoms with Gasteiger partial charge in [-0.3, -0.25) is 19.7 Å². The molecule has 37 heavy (non-hydrogen) atoms. The fourth-order valence-corrected chi connectivity index (χ4v) is 3.63. The molecule has 0 fully saturated rings. The minimum Gasteiger partial charge on any atom is -0.493 e. The van der Waals surface area contributed by atoms with Gasteiger partial charge < -0.3 is 20.1 Å². The Morgan fingerprint density at radius 2 is 1.92 bits per heavy atom. The van der Waals surface area contributed by atoms with Crippen LogP contribution in [0.3, 0.4) is 0 Å². The van der Waals surface area contributed by atoms with Crippen molar-refractivity contribution in [3.8, 4) is 17.6 Å². The van der Waals surface area contributed by atoms with Crippen LogP contribution in [0.25, 0.3) is 6.08 Å². The summed E-state index contributed by atoms with van der Waals surface area (Å²) in [7, 11) is 1.36. The molecule has 0 saturated heterocycles. The van der Waals surface area contributed by atoms with E-state index in [0.29, 0.717) is 10.0 Å². The van der Waals surface area contributed by atoms with Gasteiger partial charge in [0, 0.05) is 17.8 Å². The minimum absolute atomic E-state index is 0.00929. The molecular formula is C25H18BrFN4O6. The number of anilines is 2. The van der Waals surface area contributed by atoms with Crippen LogP contribution in [-0.2, 0) is 9.59 Å². The number of nitro groups is 1. The predicted molar refractivity (Wildman–Crippen MR) is 137 cm³/mol. The first kappa shape index (κ1) is 26.8. The number of carbonyl (C=O) groups excluding carboxylic acids is 2. The van der Waals surface area contributed by atoms with Crippen molar-refractivity contribution in [1.82, 2.24) is 0 Å². The number of nitriles is 1. The van der Waals surface area contributed by atoms with Crippen molar-refractivity contribution in [3.05, 3.63) is 92.2 Å². The van der Waals surface area contributed by atoms with Crippen molar-refractivity contribution in [2.45, 2.75) is 0 Å². The van der Waals surface area contributed by atoms with Gasteiger partial charge in [-0.2, -0.15) is 5.26 Å². The van der Waals surface area contributed by atoms with E-state index in [4.69, 9.17) is 9.47 Å². The number of nitro benzene ring substituents is 1. The molecule has 3 rings (SSSR count). The molecule has 0 bridgehead atoms. The van der Waals surface area contributed by atoms with Gasteiger partial charge in [-0.25, -0.2) is 4.39 Å². The van der Waals surface area contributed by atoms with Crippen LogP contribution in [0.2, 0.25) is 0 Å². The van der Waals surface area contributed by atoms with Crippen LogP contribution in [0, 0.1) is 27.3 Å². The van der Waals surface area contributed by atoms with E-state index in [1.54, 1.807) is 12.1 Å². The van der Waals surface area contributed by atoms with Gasteiger partial charge in [-0.15, -0.1) is 0 Å². The van der Waals surface area contributed by atoms with Crippen molar-refractivity contribution in [3.63, 3.8) is 0 Å². The standard InChI is InChI=1S/C25H18BrFN4O6/c1-36-22-11-15(9-16(13-28)25(33)29-17-5-4-6-18(12-17)31(34)35)10-19(26)24(22)37-14-23(32)30-21-8-3-2-7-20(21)27/h2-12H,14H2,1H3,(H,29,33)(H,30,32)/b16-9-. The second kappa shape index (κ2) is 12.3. The molecule has 0 heterocycles. The number of non-ortho nitro benzene ring substituents is 1. The van der Waals surface area contributed by atoms with E-state index >= 15 is 0 Å². The number of rotatable bonds is 9. The lowest BCUT2D eigenvalue weighted by atomic mass is 10.1.